The zero-order valence-corrected chi connectivity index (χ0v) is 24.3. The highest BCUT2D eigenvalue weighted by Gasteiger charge is 2.45. The number of morpholine rings is 1. The molecule has 1 fully saturated rings. The van der Waals surface area contributed by atoms with Crippen molar-refractivity contribution in [2.24, 2.45) is 0 Å². The van der Waals surface area contributed by atoms with E-state index in [0.29, 0.717) is 28.1 Å². The normalized spacial score (nSPS) is 19.7. The van der Waals surface area contributed by atoms with Gasteiger partial charge in [-0.1, -0.05) is 84.5 Å². The molecular formula is C28H42ClNO4Si. The molecule has 2 rings (SSSR count). The van der Waals surface area contributed by atoms with Gasteiger partial charge in [0.1, 0.15) is 32.9 Å². The predicted molar refractivity (Wildman–Crippen MR) is 145 cm³/mol. The van der Waals surface area contributed by atoms with E-state index in [9.17, 15) is 9.59 Å². The van der Waals surface area contributed by atoms with Gasteiger partial charge in [-0.05, 0) is 47.7 Å². The van der Waals surface area contributed by atoms with Crippen LogP contribution in [0.15, 0.2) is 24.3 Å². The Bertz CT molecular complexity index is 897. The van der Waals surface area contributed by atoms with Gasteiger partial charge < -0.3 is 14.4 Å². The number of halogens is 1. The fourth-order valence-corrected chi connectivity index (χ4v) is 11.0. The molecule has 1 aromatic rings. The van der Waals surface area contributed by atoms with Crippen molar-refractivity contribution in [3.63, 3.8) is 0 Å². The lowest BCUT2D eigenvalue weighted by Gasteiger charge is -2.43. The minimum absolute atomic E-state index is 0.105. The number of hydrogen-bond acceptors (Lipinski definition) is 4. The summed E-state index contributed by atoms with van der Waals surface area (Å²) < 4.78 is 11.5. The Kier molecular flexibility index (Phi) is 10.9. The molecule has 0 aliphatic carbocycles. The van der Waals surface area contributed by atoms with Crippen molar-refractivity contribution in [3.8, 4) is 11.5 Å². The van der Waals surface area contributed by atoms with Crippen LogP contribution in [0.25, 0.3) is 0 Å². The van der Waals surface area contributed by atoms with Crippen LogP contribution in [-0.4, -0.2) is 50.1 Å². The van der Waals surface area contributed by atoms with Gasteiger partial charge in [-0.15, -0.1) is 5.54 Å². The van der Waals surface area contributed by atoms with Gasteiger partial charge in [0.15, 0.2) is 0 Å². The summed E-state index contributed by atoms with van der Waals surface area (Å²) in [5.74, 6) is 2.92. The molecule has 1 amide bonds. The molecule has 0 spiro atoms. The van der Waals surface area contributed by atoms with Crippen LogP contribution in [0, 0.1) is 11.5 Å². The Hall–Kier alpha value is -1.81. The molecule has 1 aliphatic heterocycles. The summed E-state index contributed by atoms with van der Waals surface area (Å²) in [5.41, 5.74) is 5.97. The van der Waals surface area contributed by atoms with Crippen LogP contribution in [0.4, 0.5) is 0 Å². The molecular weight excluding hydrogens is 478 g/mol. The molecule has 1 heterocycles. The number of esters is 1. The van der Waals surface area contributed by atoms with Crippen LogP contribution in [0.2, 0.25) is 21.6 Å². The number of benzene rings is 1. The van der Waals surface area contributed by atoms with Crippen molar-refractivity contribution in [3.05, 3.63) is 34.9 Å². The zero-order valence-electron chi connectivity index (χ0n) is 22.6. The van der Waals surface area contributed by atoms with Crippen molar-refractivity contribution < 1.29 is 19.1 Å². The molecule has 0 saturated carbocycles. The third kappa shape index (κ3) is 6.50. The topological polar surface area (TPSA) is 55.8 Å². The second-order valence-electron chi connectivity index (χ2n) is 10.3. The van der Waals surface area contributed by atoms with E-state index in [-0.39, 0.29) is 25.1 Å². The van der Waals surface area contributed by atoms with Crippen LogP contribution >= 0.6 is 11.6 Å². The van der Waals surface area contributed by atoms with Crippen LogP contribution in [0.1, 0.15) is 79.9 Å². The van der Waals surface area contributed by atoms with Gasteiger partial charge in [0.2, 0.25) is 5.91 Å². The lowest BCUT2D eigenvalue weighted by Crippen LogP contribution is -2.57. The van der Waals surface area contributed by atoms with Gasteiger partial charge >= 0.3 is 5.97 Å². The quantitative estimate of drug-likeness (QED) is 0.210. The Labute approximate surface area is 217 Å². The minimum atomic E-state index is -2.09. The molecule has 194 valence electrons. The number of rotatable bonds is 9. The average Bonchev–Trinajstić information content (AvgIpc) is 2.78. The van der Waals surface area contributed by atoms with E-state index in [1.165, 1.54) is 0 Å². The van der Waals surface area contributed by atoms with E-state index in [4.69, 9.17) is 21.1 Å². The number of amides is 1. The van der Waals surface area contributed by atoms with Crippen molar-refractivity contribution >= 4 is 31.6 Å². The average molecular weight is 520 g/mol. The summed E-state index contributed by atoms with van der Waals surface area (Å²) >= 11 is 6.14. The lowest BCUT2D eigenvalue weighted by atomic mass is 9.96. The Morgan fingerprint density at radius 3 is 2.17 bits per heavy atom. The maximum absolute atomic E-state index is 13.3. The third-order valence-corrected chi connectivity index (χ3v) is 13.8. The zero-order chi connectivity index (χ0) is 26.3. The number of nitrogens with zero attached hydrogens (tertiary/aromatic N) is 1. The monoisotopic (exact) mass is 519 g/mol. The second-order valence-corrected chi connectivity index (χ2v) is 16.3. The first kappa shape index (κ1) is 29.4. The standard InChI is InChI=1S/C28H42ClNO4Si/c1-9-11-25(28(32)33-10-2)30-24(16-17-35(19(3)4,20(5)6)21(7)8)27(34-18-26(30)31)22-12-14-23(29)15-13-22/h12-15,19-21,24-25,27H,9-11,18H2,1-8H3/t24-,25-,27+/m0/s1. The van der Waals surface area contributed by atoms with Gasteiger partial charge in [0.05, 0.1) is 6.61 Å². The van der Waals surface area contributed by atoms with E-state index in [2.05, 4.69) is 53.0 Å². The number of hydrogen-bond donors (Lipinski definition) is 0. The molecule has 7 heteroatoms. The van der Waals surface area contributed by atoms with E-state index in [1.54, 1.807) is 11.8 Å². The van der Waals surface area contributed by atoms with E-state index >= 15 is 0 Å². The summed E-state index contributed by atoms with van der Waals surface area (Å²) in [6.07, 6.45) is 0.768. The van der Waals surface area contributed by atoms with Gasteiger partial charge in [-0.25, -0.2) is 4.79 Å². The summed E-state index contributed by atoms with van der Waals surface area (Å²) in [5, 5.41) is 0.626. The van der Waals surface area contributed by atoms with Crippen LogP contribution in [-0.2, 0) is 19.1 Å². The smallest absolute Gasteiger partial charge is 0.328 e. The Balaban J connectivity index is 2.71. The molecule has 1 saturated heterocycles. The summed E-state index contributed by atoms with van der Waals surface area (Å²) in [6.45, 7) is 17.5. The third-order valence-electron chi connectivity index (χ3n) is 7.22. The van der Waals surface area contributed by atoms with Crippen molar-refractivity contribution in [2.45, 2.75) is 103 Å². The maximum atomic E-state index is 13.3. The highest BCUT2D eigenvalue weighted by Crippen LogP contribution is 2.41. The van der Waals surface area contributed by atoms with Gasteiger partial charge in [0, 0.05) is 5.02 Å². The first-order valence-electron chi connectivity index (χ1n) is 12.9. The maximum Gasteiger partial charge on any atom is 0.328 e. The van der Waals surface area contributed by atoms with E-state index in [0.717, 1.165) is 12.0 Å². The van der Waals surface area contributed by atoms with Crippen molar-refractivity contribution in [1.82, 2.24) is 4.90 Å². The molecule has 0 N–H and O–H groups in total. The second kappa shape index (κ2) is 12.9. The van der Waals surface area contributed by atoms with Crippen molar-refractivity contribution in [2.75, 3.05) is 13.2 Å². The highest BCUT2D eigenvalue weighted by atomic mass is 35.5. The van der Waals surface area contributed by atoms with E-state index in [1.807, 2.05) is 31.2 Å². The first-order valence-corrected chi connectivity index (χ1v) is 15.5. The molecule has 0 bridgehead atoms. The van der Waals surface area contributed by atoms with Gasteiger partial charge in [-0.3, -0.25) is 4.79 Å². The van der Waals surface area contributed by atoms with Gasteiger partial charge in [0.25, 0.3) is 0 Å². The molecule has 0 unspecified atom stereocenters. The highest BCUT2D eigenvalue weighted by molar-refractivity contribution is 6.90. The summed E-state index contributed by atoms with van der Waals surface area (Å²) in [4.78, 5) is 28.0. The lowest BCUT2D eigenvalue weighted by molar-refractivity contribution is -0.169. The number of carbonyl (C=O) groups is 2. The van der Waals surface area contributed by atoms with Gasteiger partial charge in [-0.2, -0.15) is 0 Å². The van der Waals surface area contributed by atoms with Crippen molar-refractivity contribution in [1.29, 1.82) is 0 Å². The first-order chi connectivity index (χ1) is 16.5. The van der Waals surface area contributed by atoms with Crippen LogP contribution in [0.3, 0.4) is 0 Å². The molecule has 1 aromatic carbocycles. The van der Waals surface area contributed by atoms with Crippen LogP contribution < -0.4 is 0 Å². The minimum Gasteiger partial charge on any atom is -0.464 e. The predicted octanol–water partition coefficient (Wildman–Crippen LogP) is 6.56. The summed E-state index contributed by atoms with van der Waals surface area (Å²) in [6, 6.07) is 6.16. The number of carbonyl (C=O) groups excluding carboxylic acids is 2. The molecule has 0 aromatic heterocycles. The Morgan fingerprint density at radius 2 is 1.69 bits per heavy atom. The van der Waals surface area contributed by atoms with Crippen LogP contribution in [0.5, 0.6) is 0 Å². The molecule has 3 atom stereocenters. The molecule has 35 heavy (non-hydrogen) atoms. The Morgan fingerprint density at radius 1 is 1.11 bits per heavy atom. The SMILES string of the molecule is CCC[C@@H](C(=O)OCC)N1C(=O)CO[C@H](c2ccc(Cl)cc2)[C@@H]1C#C[Si](C(C)C)(C(C)C)C(C)C. The fraction of sp³-hybridized carbons (Fsp3) is 0.643. The molecule has 0 radical (unpaired) electrons. The molecule has 1 aliphatic rings. The number of ether oxygens (including phenoxy) is 2. The van der Waals surface area contributed by atoms with E-state index < -0.39 is 26.3 Å². The molecule has 5 nitrogen and oxygen atoms in total. The largest absolute Gasteiger partial charge is 0.464 e. The fourth-order valence-electron chi connectivity index (χ4n) is 5.59. The summed E-state index contributed by atoms with van der Waals surface area (Å²) in [7, 11) is -2.09.